The van der Waals surface area contributed by atoms with E-state index in [1.54, 1.807) is 6.92 Å². The molecule has 0 spiro atoms. The molecule has 5 aliphatic carbocycles. The number of carbonyl (C=O) groups excluding carboxylic acids is 1. The van der Waals surface area contributed by atoms with E-state index in [-0.39, 0.29) is 17.5 Å². The quantitative estimate of drug-likeness (QED) is 0.299. The first kappa shape index (κ1) is 24.9. The third-order valence-electron chi connectivity index (χ3n) is 13.3. The Bertz CT molecular complexity index is 883. The molecule has 0 radical (unpaired) electrons. The van der Waals surface area contributed by atoms with Gasteiger partial charge in [-0.2, -0.15) is 0 Å². The van der Waals surface area contributed by atoms with E-state index in [1.165, 1.54) is 44.9 Å². The van der Waals surface area contributed by atoms with E-state index in [4.69, 9.17) is 4.74 Å². The molecule has 5 rings (SSSR count). The van der Waals surface area contributed by atoms with Crippen LogP contribution >= 0.6 is 0 Å². The molecule has 0 amide bonds. The summed E-state index contributed by atoms with van der Waals surface area (Å²) in [6.07, 6.45) is 14.6. The van der Waals surface area contributed by atoms with Gasteiger partial charge in [-0.15, -0.1) is 0 Å². The van der Waals surface area contributed by atoms with Crippen LogP contribution < -0.4 is 0 Å². The number of esters is 1. The molecular weight excluding hydrogens is 416 g/mol. The van der Waals surface area contributed by atoms with Crippen LogP contribution in [0.4, 0.5) is 0 Å². The van der Waals surface area contributed by atoms with E-state index in [0.29, 0.717) is 33.5 Å². The van der Waals surface area contributed by atoms with Crippen LogP contribution in [-0.4, -0.2) is 12.1 Å². The Morgan fingerprint density at radius 1 is 0.941 bits per heavy atom. The van der Waals surface area contributed by atoms with Gasteiger partial charge < -0.3 is 4.74 Å². The number of hydrogen-bond donors (Lipinski definition) is 0. The topological polar surface area (TPSA) is 26.3 Å². The number of rotatable bonds is 2. The zero-order valence-electron chi connectivity index (χ0n) is 23.7. The first-order chi connectivity index (χ1) is 15.7. The maximum absolute atomic E-state index is 11.9. The third kappa shape index (κ3) is 3.08. The maximum atomic E-state index is 11.9. The van der Waals surface area contributed by atoms with Gasteiger partial charge in [0.2, 0.25) is 0 Å². The molecule has 2 nitrogen and oxygen atoms in total. The van der Waals surface area contributed by atoms with Gasteiger partial charge in [-0.1, -0.05) is 67.0 Å². The highest BCUT2D eigenvalue weighted by Gasteiger charge is 2.68. The number of ether oxygens (including phenoxy) is 1. The van der Waals surface area contributed by atoms with Crippen molar-refractivity contribution in [3.8, 4) is 0 Å². The lowest BCUT2D eigenvalue weighted by atomic mass is 9.35. The summed E-state index contributed by atoms with van der Waals surface area (Å²) in [5.74, 6) is 3.72. The second kappa shape index (κ2) is 7.61. The molecule has 34 heavy (non-hydrogen) atoms. The van der Waals surface area contributed by atoms with Crippen molar-refractivity contribution in [3.63, 3.8) is 0 Å². The molecule has 0 saturated heterocycles. The summed E-state index contributed by atoms with van der Waals surface area (Å²) in [7, 11) is 0. The van der Waals surface area contributed by atoms with Crippen LogP contribution in [0.15, 0.2) is 11.6 Å². The minimum atomic E-state index is -0.115. The molecule has 0 bridgehead atoms. The maximum Gasteiger partial charge on any atom is 0.302 e. The van der Waals surface area contributed by atoms with E-state index < -0.39 is 0 Å². The van der Waals surface area contributed by atoms with Crippen LogP contribution in [0.5, 0.6) is 0 Å². The lowest BCUT2D eigenvalue weighted by Gasteiger charge is -2.69. The van der Waals surface area contributed by atoms with Crippen LogP contribution in [0.3, 0.4) is 0 Å². The zero-order valence-corrected chi connectivity index (χ0v) is 23.7. The molecule has 0 aromatic heterocycles. The van der Waals surface area contributed by atoms with Crippen molar-refractivity contribution in [1.82, 2.24) is 0 Å². The Morgan fingerprint density at radius 3 is 2.29 bits per heavy atom. The molecule has 0 N–H and O–H groups in total. The lowest BCUT2D eigenvalue weighted by molar-refractivity contribution is -0.181. The van der Waals surface area contributed by atoms with Gasteiger partial charge >= 0.3 is 5.97 Å². The molecule has 4 fully saturated rings. The van der Waals surface area contributed by atoms with Crippen LogP contribution in [0, 0.1) is 56.7 Å². The molecule has 9 atom stereocenters. The molecule has 5 aliphatic rings. The lowest BCUT2D eigenvalue weighted by Crippen LogP contribution is -2.62. The molecule has 0 heterocycles. The van der Waals surface area contributed by atoms with Crippen LogP contribution in [-0.2, 0) is 9.53 Å². The summed E-state index contributed by atoms with van der Waals surface area (Å²) in [5, 5.41) is 0. The van der Waals surface area contributed by atoms with Gasteiger partial charge in [0.25, 0.3) is 0 Å². The van der Waals surface area contributed by atoms with E-state index in [0.717, 1.165) is 30.6 Å². The fourth-order valence-electron chi connectivity index (χ4n) is 11.4. The highest BCUT2D eigenvalue weighted by molar-refractivity contribution is 5.66. The van der Waals surface area contributed by atoms with Gasteiger partial charge in [-0.3, -0.25) is 4.79 Å². The number of fused-ring (bicyclic) bond motifs is 7. The normalized spacial score (nSPS) is 51.6. The summed E-state index contributed by atoms with van der Waals surface area (Å²) in [6, 6.07) is 0. The van der Waals surface area contributed by atoms with Crippen molar-refractivity contribution in [3.05, 3.63) is 11.6 Å². The Morgan fingerprint density at radius 2 is 1.65 bits per heavy atom. The molecule has 2 heteroatoms. The molecule has 0 aliphatic heterocycles. The van der Waals surface area contributed by atoms with Crippen molar-refractivity contribution in [2.75, 3.05) is 0 Å². The van der Waals surface area contributed by atoms with Gasteiger partial charge in [0, 0.05) is 12.3 Å². The standard InChI is InChI=1S/C32H52O2/c1-20(2)22-12-15-29(6)18-19-31(8)24-10-11-25-28(4,5)26(34-21(3)33)14-16-30(25,7)23(24)13-17-32(31,9)27(22)29/h10,20,22-23,25-27H,11-19H2,1-9H3. The minimum absolute atomic E-state index is 0.0294. The van der Waals surface area contributed by atoms with Crippen molar-refractivity contribution in [2.24, 2.45) is 56.7 Å². The molecule has 0 aromatic rings. The second-order valence-electron chi connectivity index (χ2n) is 15.3. The first-order valence-corrected chi connectivity index (χ1v) is 14.6. The molecule has 9 unspecified atom stereocenters. The third-order valence-corrected chi connectivity index (χ3v) is 13.3. The van der Waals surface area contributed by atoms with Gasteiger partial charge in [-0.05, 0) is 109 Å². The first-order valence-electron chi connectivity index (χ1n) is 14.6. The Balaban J connectivity index is 1.54. The van der Waals surface area contributed by atoms with Crippen molar-refractivity contribution in [2.45, 2.75) is 126 Å². The van der Waals surface area contributed by atoms with Crippen molar-refractivity contribution < 1.29 is 9.53 Å². The van der Waals surface area contributed by atoms with Crippen LogP contribution in [0.25, 0.3) is 0 Å². The summed E-state index contributed by atoms with van der Waals surface area (Å²) < 4.78 is 5.89. The van der Waals surface area contributed by atoms with E-state index in [2.05, 4.69) is 61.5 Å². The number of carbonyl (C=O) groups is 1. The molecular formula is C32H52O2. The van der Waals surface area contributed by atoms with Crippen molar-refractivity contribution >= 4 is 5.97 Å². The molecule has 4 saturated carbocycles. The summed E-state index contributed by atoms with van der Waals surface area (Å²) in [6.45, 7) is 22.0. The Kier molecular flexibility index (Phi) is 5.57. The van der Waals surface area contributed by atoms with Gasteiger partial charge in [0.15, 0.2) is 0 Å². The smallest absolute Gasteiger partial charge is 0.302 e. The number of allylic oxidation sites excluding steroid dienone is 2. The van der Waals surface area contributed by atoms with Gasteiger partial charge in [0.1, 0.15) is 6.10 Å². The van der Waals surface area contributed by atoms with Crippen LogP contribution in [0.2, 0.25) is 0 Å². The van der Waals surface area contributed by atoms with E-state index in [9.17, 15) is 4.79 Å². The predicted octanol–water partition coefficient (Wildman–Crippen LogP) is 8.60. The Hall–Kier alpha value is -0.790. The second-order valence-corrected chi connectivity index (χ2v) is 15.3. The number of hydrogen-bond acceptors (Lipinski definition) is 2. The van der Waals surface area contributed by atoms with Gasteiger partial charge in [-0.25, -0.2) is 0 Å². The van der Waals surface area contributed by atoms with Crippen molar-refractivity contribution in [1.29, 1.82) is 0 Å². The predicted molar refractivity (Wildman–Crippen MR) is 140 cm³/mol. The highest BCUT2D eigenvalue weighted by Crippen LogP contribution is 2.76. The van der Waals surface area contributed by atoms with E-state index in [1.807, 2.05) is 5.57 Å². The fraction of sp³-hybridized carbons (Fsp3) is 0.906. The fourth-order valence-corrected chi connectivity index (χ4v) is 11.4. The summed E-state index contributed by atoms with van der Waals surface area (Å²) >= 11 is 0. The SMILES string of the molecule is CC(=O)OC1CCC2(C)C3CCC4(C)C5C(C(C)C)CCC5(C)CCC4(C)C3=CCC2C1(C)C. The average Bonchev–Trinajstić information content (AvgIpc) is 3.10. The highest BCUT2D eigenvalue weighted by atomic mass is 16.5. The largest absolute Gasteiger partial charge is 0.462 e. The van der Waals surface area contributed by atoms with Crippen LogP contribution in [0.1, 0.15) is 120 Å². The molecule has 192 valence electrons. The summed E-state index contributed by atoms with van der Waals surface area (Å²) in [5.41, 5.74) is 3.49. The van der Waals surface area contributed by atoms with Gasteiger partial charge in [0.05, 0.1) is 0 Å². The zero-order chi connectivity index (χ0) is 24.9. The molecule has 0 aromatic carbocycles. The average molecular weight is 469 g/mol. The Labute approximate surface area is 210 Å². The monoisotopic (exact) mass is 468 g/mol. The minimum Gasteiger partial charge on any atom is -0.462 e. The summed E-state index contributed by atoms with van der Waals surface area (Å²) in [4.78, 5) is 11.9. The van der Waals surface area contributed by atoms with E-state index >= 15 is 0 Å².